The number of hydrogen-bond donors (Lipinski definition) is 0. The van der Waals surface area contributed by atoms with Crippen LogP contribution in [0.5, 0.6) is 0 Å². The van der Waals surface area contributed by atoms with Gasteiger partial charge in [-0.3, -0.25) is 0 Å². The third-order valence-corrected chi connectivity index (χ3v) is 26.2. The first-order valence-electron chi connectivity index (χ1n) is 45.0. The number of rotatable bonds is 14. The van der Waals surface area contributed by atoms with Crippen LogP contribution in [0.4, 0.5) is 0 Å². The van der Waals surface area contributed by atoms with E-state index < -0.39 is 0 Å². The van der Waals surface area contributed by atoms with Crippen molar-refractivity contribution in [1.29, 1.82) is 0 Å². The number of benzene rings is 20. The molecule has 8 heteroatoms. The molecule has 6 aromatic heterocycles. The first-order valence-corrected chi connectivity index (χ1v) is 45.0. The maximum atomic E-state index is 5.33. The topological polar surface area (TPSA) is 71.3 Å². The van der Waals surface area contributed by atoms with Crippen molar-refractivity contribution in [3.63, 3.8) is 0 Å². The summed E-state index contributed by atoms with van der Waals surface area (Å²) in [6.07, 6.45) is 0. The summed E-state index contributed by atoms with van der Waals surface area (Å²) in [6, 6.07) is 174. The van der Waals surface area contributed by atoms with Gasteiger partial charge >= 0.3 is 0 Å². The zero-order chi connectivity index (χ0) is 87.1. The monoisotopic (exact) mass is 1680 g/mol. The maximum Gasteiger partial charge on any atom is 0.160 e. The lowest BCUT2D eigenvalue weighted by molar-refractivity contribution is 1.16. The molecule has 0 spiro atoms. The number of hydrogen-bond acceptors (Lipinski definition) is 4. The van der Waals surface area contributed by atoms with E-state index in [-0.39, 0.29) is 0 Å². The highest BCUT2D eigenvalue weighted by molar-refractivity contribution is 6.15. The Morgan fingerprint density at radius 2 is 0.379 bits per heavy atom. The Morgan fingerprint density at radius 3 is 0.735 bits per heavy atom. The molecule has 20 aromatic carbocycles. The highest BCUT2D eigenvalue weighted by Gasteiger charge is 2.23. The van der Waals surface area contributed by atoms with E-state index in [9.17, 15) is 0 Å². The molecule has 0 N–H and O–H groups in total. The number of fused-ring (bicyclic) bond motifs is 14. The van der Waals surface area contributed by atoms with Crippen LogP contribution in [0.25, 0.3) is 244 Å². The van der Waals surface area contributed by atoms with Crippen molar-refractivity contribution in [2.75, 3.05) is 0 Å². The summed E-state index contributed by atoms with van der Waals surface area (Å²) < 4.78 is 9.49. The van der Waals surface area contributed by atoms with Crippen LogP contribution in [0.2, 0.25) is 0 Å². The van der Waals surface area contributed by atoms with Gasteiger partial charge in [-0.15, -0.1) is 0 Å². The summed E-state index contributed by atoms with van der Waals surface area (Å²) in [4.78, 5) is 21.1. The molecule has 0 unspecified atom stereocenters. The van der Waals surface area contributed by atoms with Gasteiger partial charge in [-0.1, -0.05) is 309 Å². The number of nitrogens with zero attached hydrogens (tertiary/aromatic N) is 8. The molecule has 0 atom stereocenters. The normalized spacial score (nSPS) is 11.6. The molecule has 26 aromatic rings. The van der Waals surface area contributed by atoms with Crippen LogP contribution >= 0.6 is 0 Å². The van der Waals surface area contributed by atoms with E-state index in [1.165, 1.54) is 109 Å². The van der Waals surface area contributed by atoms with Crippen LogP contribution in [0.15, 0.2) is 485 Å². The van der Waals surface area contributed by atoms with Crippen molar-refractivity contribution in [3.05, 3.63) is 485 Å². The first-order chi connectivity index (χ1) is 65.4. The van der Waals surface area contributed by atoms with Crippen LogP contribution in [-0.4, -0.2) is 38.2 Å². The Labute approximate surface area is 762 Å². The van der Waals surface area contributed by atoms with Crippen molar-refractivity contribution in [2.45, 2.75) is 0 Å². The van der Waals surface area contributed by atoms with Crippen molar-refractivity contribution < 1.29 is 0 Å². The van der Waals surface area contributed by atoms with Crippen molar-refractivity contribution >= 4 is 109 Å². The summed E-state index contributed by atoms with van der Waals surface area (Å²) in [6.45, 7) is 0. The molecule has 0 bridgehead atoms. The van der Waals surface area contributed by atoms with Crippen molar-refractivity contribution in [1.82, 2.24) is 38.2 Å². The molecule has 6 heterocycles. The standard InChI is InChI=1S/C64H42N4.C60H38N4/c1-5-17-43(18-6-1)49-37-50(44-19-7-2-8-20-44)39-51(38-49)59-42-58(45-21-9-3-10-22-45)65-64(66-59)46-29-33-53(34-30-46)68-61-28-16-14-26-55(61)57-41-48(32-36-63(57)68)47-31-35-62-56(40-47)54-25-13-15-27-60(54)67(62)52-23-11-4-12-24-52;1-2-18-44(19-3-1)63-56-26-10-8-22-50(56)52-36-42(30-34-58(52)63)43-31-35-59-53(37-43)51-23-9-11-27-57(51)64(59)45-32-28-41(29-33-45)60-61-54(48-24-12-16-39-14-4-6-20-46(39)48)38-55(62-60)49-25-13-17-40-15-5-7-21-47(40)49/h1-42H;1-38H. The second-order valence-electron chi connectivity index (χ2n) is 34.0. The third kappa shape index (κ3) is 13.6. The van der Waals surface area contributed by atoms with Gasteiger partial charge in [0, 0.05) is 99.2 Å². The second-order valence-corrected chi connectivity index (χ2v) is 34.0. The van der Waals surface area contributed by atoms with Gasteiger partial charge in [0.05, 0.1) is 66.9 Å². The molecule has 0 aliphatic carbocycles. The number of aromatic nitrogens is 8. The molecule has 26 rings (SSSR count). The van der Waals surface area contributed by atoms with Gasteiger partial charge in [-0.2, -0.15) is 0 Å². The van der Waals surface area contributed by atoms with Gasteiger partial charge in [0.25, 0.3) is 0 Å². The van der Waals surface area contributed by atoms with Gasteiger partial charge in [0.15, 0.2) is 11.6 Å². The highest BCUT2D eigenvalue weighted by Crippen LogP contribution is 2.45. The van der Waals surface area contributed by atoms with Crippen molar-refractivity contribution in [3.8, 4) is 135 Å². The lowest BCUT2D eigenvalue weighted by atomic mass is 9.94. The van der Waals surface area contributed by atoms with E-state index in [1.54, 1.807) is 0 Å². The lowest BCUT2D eigenvalue weighted by Crippen LogP contribution is -1.98. The smallest absolute Gasteiger partial charge is 0.160 e. The minimum atomic E-state index is 0.676. The van der Waals surface area contributed by atoms with Crippen LogP contribution in [0, 0.1) is 0 Å². The summed E-state index contributed by atoms with van der Waals surface area (Å²) in [5.74, 6) is 1.37. The molecule has 0 saturated carbocycles. The Hall–Kier alpha value is -17.7. The van der Waals surface area contributed by atoms with E-state index >= 15 is 0 Å². The van der Waals surface area contributed by atoms with Gasteiger partial charge in [-0.25, -0.2) is 19.9 Å². The predicted octanol–water partition coefficient (Wildman–Crippen LogP) is 32.3. The fourth-order valence-corrected chi connectivity index (χ4v) is 20.0. The minimum absolute atomic E-state index is 0.676. The molecule has 0 aliphatic heterocycles. The average molecular weight is 1680 g/mol. The van der Waals surface area contributed by atoms with E-state index in [0.717, 1.165) is 123 Å². The van der Waals surface area contributed by atoms with E-state index in [4.69, 9.17) is 19.9 Å². The van der Waals surface area contributed by atoms with Crippen molar-refractivity contribution in [2.24, 2.45) is 0 Å². The van der Waals surface area contributed by atoms with Gasteiger partial charge in [0.1, 0.15) is 0 Å². The van der Waals surface area contributed by atoms with Gasteiger partial charge < -0.3 is 18.3 Å². The molecule has 0 saturated heterocycles. The van der Waals surface area contributed by atoms with E-state index in [0.29, 0.717) is 11.6 Å². The molecule has 0 aliphatic rings. The Kier molecular flexibility index (Phi) is 18.8. The Bertz CT molecular complexity index is 8820. The average Bonchev–Trinajstić information content (AvgIpc) is 1.58. The highest BCUT2D eigenvalue weighted by atomic mass is 15.0. The molecule has 0 fully saturated rings. The fraction of sp³-hybridized carbons (Fsp3) is 0. The van der Waals surface area contributed by atoms with Crippen LogP contribution in [-0.2, 0) is 0 Å². The van der Waals surface area contributed by atoms with Gasteiger partial charge in [0.2, 0.25) is 0 Å². The second kappa shape index (κ2) is 32.3. The largest absolute Gasteiger partial charge is 0.309 e. The molecule has 0 amide bonds. The van der Waals surface area contributed by atoms with Crippen LogP contribution in [0.3, 0.4) is 0 Å². The summed E-state index contributed by atoms with van der Waals surface area (Å²) in [7, 11) is 0. The zero-order valence-electron chi connectivity index (χ0n) is 71.8. The number of para-hydroxylation sites is 6. The van der Waals surface area contributed by atoms with Gasteiger partial charge in [-0.05, 0) is 242 Å². The molecule has 132 heavy (non-hydrogen) atoms. The third-order valence-electron chi connectivity index (χ3n) is 26.2. The summed E-state index contributed by atoms with van der Waals surface area (Å²) in [5, 5.41) is 14.5. The molecular formula is C124H80N8. The fourth-order valence-electron chi connectivity index (χ4n) is 20.0. The first kappa shape index (κ1) is 76.7. The quantitative estimate of drug-likeness (QED) is 0.109. The molecule has 8 nitrogen and oxygen atoms in total. The van der Waals surface area contributed by atoms with E-state index in [1.807, 2.05) is 6.07 Å². The molecule has 616 valence electrons. The maximum absolute atomic E-state index is 5.33. The Morgan fingerprint density at radius 1 is 0.129 bits per heavy atom. The van der Waals surface area contributed by atoms with Crippen LogP contribution < -0.4 is 0 Å². The summed E-state index contributed by atoms with van der Waals surface area (Å²) >= 11 is 0. The SMILES string of the molecule is c1ccc(-c2cc(-c3ccccc3)cc(-c3cc(-c4ccccc4)nc(-c4ccc(-n5c6ccccc6c6cc(-c7ccc8c(c7)c7ccccc7n8-c7ccccc7)ccc65)cc4)n3)c2)cc1.c1ccc(-n2c3ccccc3c3cc(-c4ccc5c(c4)c4ccccc4n5-c4ccc(-c5nc(-c6cccc7ccccc67)cc(-c6cccc7ccccc67)n5)cc4)ccc32)cc1. The predicted molar refractivity (Wildman–Crippen MR) is 551 cm³/mol. The molecule has 0 radical (unpaired) electrons. The van der Waals surface area contributed by atoms with Crippen LogP contribution in [0.1, 0.15) is 0 Å². The lowest BCUT2D eigenvalue weighted by Gasteiger charge is -2.14. The minimum Gasteiger partial charge on any atom is -0.309 e. The molecular weight excluding hydrogens is 1600 g/mol. The zero-order valence-corrected chi connectivity index (χ0v) is 71.8. The summed E-state index contributed by atoms with van der Waals surface area (Å²) in [5.41, 5.74) is 33.0. The van der Waals surface area contributed by atoms with E-state index in [2.05, 4.69) is 498 Å². The Balaban J connectivity index is 0.000000142.